The molecular weight excluding hydrogens is 368 g/mol. The minimum Gasteiger partial charge on any atom is -0.455 e. The first-order valence-corrected chi connectivity index (χ1v) is 9.71. The van der Waals surface area contributed by atoms with Crippen LogP contribution in [-0.2, 0) is 14.4 Å². The highest BCUT2D eigenvalue weighted by Gasteiger charge is 2.50. The summed E-state index contributed by atoms with van der Waals surface area (Å²) >= 11 is 0. The Hall–Kier alpha value is -3.41. The first kappa shape index (κ1) is 18.9. The number of amides is 3. The molecule has 6 nitrogen and oxygen atoms in total. The number of hydrogen-bond acceptors (Lipinski definition) is 4. The van der Waals surface area contributed by atoms with Crippen molar-refractivity contribution >= 4 is 23.4 Å². The number of nitrogens with one attached hydrogen (secondary N) is 1. The molecule has 1 N–H and O–H groups in total. The van der Waals surface area contributed by atoms with Gasteiger partial charge in [0.1, 0.15) is 11.8 Å². The van der Waals surface area contributed by atoms with E-state index in [1.807, 2.05) is 48.6 Å². The lowest BCUT2D eigenvalue weighted by molar-refractivity contribution is -0.146. The van der Waals surface area contributed by atoms with Gasteiger partial charge in [-0.25, -0.2) is 0 Å². The zero-order valence-corrected chi connectivity index (χ0v) is 16.1. The van der Waals surface area contributed by atoms with E-state index < -0.39 is 11.9 Å². The Labute approximate surface area is 169 Å². The van der Waals surface area contributed by atoms with Crippen LogP contribution in [0.2, 0.25) is 0 Å². The van der Waals surface area contributed by atoms with E-state index in [4.69, 9.17) is 4.74 Å². The number of rotatable bonds is 5. The fourth-order valence-corrected chi connectivity index (χ4v) is 3.84. The Morgan fingerprint density at radius 3 is 2.21 bits per heavy atom. The van der Waals surface area contributed by atoms with Gasteiger partial charge in [-0.1, -0.05) is 42.5 Å². The second-order valence-electron chi connectivity index (χ2n) is 7.28. The van der Waals surface area contributed by atoms with Crippen LogP contribution in [0.25, 0.3) is 0 Å². The maximum atomic E-state index is 12.9. The summed E-state index contributed by atoms with van der Waals surface area (Å²) in [6.07, 6.45) is 4.96. The standard InChI is InChI=1S/C23H22N2O4/c1-15(25-22(27)17-11-5-6-12-18(17)23(25)28)21(26)24-19-13-7-8-14-20(19)29-16-9-3-2-4-10-16/h2-10,13-15,17-18H,11-12H2,1H3,(H,24,26)/t15-,17+,18+/m0/s1. The molecule has 1 fully saturated rings. The summed E-state index contributed by atoms with van der Waals surface area (Å²) in [5.74, 6) is -0.531. The highest BCUT2D eigenvalue weighted by atomic mass is 16.5. The van der Waals surface area contributed by atoms with Gasteiger partial charge < -0.3 is 10.1 Å². The van der Waals surface area contributed by atoms with Crippen LogP contribution in [0.5, 0.6) is 11.5 Å². The first-order chi connectivity index (χ1) is 14.1. The van der Waals surface area contributed by atoms with Gasteiger partial charge in [-0.3, -0.25) is 19.3 Å². The van der Waals surface area contributed by atoms with Crippen LogP contribution in [0, 0.1) is 11.8 Å². The molecule has 148 valence electrons. The van der Waals surface area contributed by atoms with Crippen molar-refractivity contribution in [3.05, 3.63) is 66.7 Å². The van der Waals surface area contributed by atoms with Gasteiger partial charge >= 0.3 is 0 Å². The number of anilines is 1. The van der Waals surface area contributed by atoms with Crippen molar-refractivity contribution in [3.63, 3.8) is 0 Å². The third-order valence-corrected chi connectivity index (χ3v) is 5.42. The number of allylic oxidation sites excluding steroid dienone is 2. The fourth-order valence-electron chi connectivity index (χ4n) is 3.84. The van der Waals surface area contributed by atoms with Gasteiger partial charge in [0.15, 0.2) is 5.75 Å². The van der Waals surface area contributed by atoms with Crippen molar-refractivity contribution < 1.29 is 19.1 Å². The van der Waals surface area contributed by atoms with Gasteiger partial charge in [-0.15, -0.1) is 0 Å². The minimum absolute atomic E-state index is 0.263. The molecule has 0 unspecified atom stereocenters. The van der Waals surface area contributed by atoms with Crippen molar-refractivity contribution in [2.75, 3.05) is 5.32 Å². The van der Waals surface area contributed by atoms with E-state index >= 15 is 0 Å². The Morgan fingerprint density at radius 1 is 0.966 bits per heavy atom. The molecule has 0 spiro atoms. The molecular formula is C23H22N2O4. The van der Waals surface area contributed by atoms with E-state index in [2.05, 4.69) is 5.32 Å². The Balaban J connectivity index is 1.50. The topological polar surface area (TPSA) is 75.7 Å². The zero-order chi connectivity index (χ0) is 20.4. The van der Waals surface area contributed by atoms with E-state index in [1.165, 1.54) is 0 Å². The molecule has 1 aliphatic carbocycles. The molecule has 1 heterocycles. The van der Waals surface area contributed by atoms with Crippen molar-refractivity contribution in [2.24, 2.45) is 11.8 Å². The number of para-hydroxylation sites is 3. The molecule has 2 aromatic carbocycles. The number of carbonyl (C=O) groups excluding carboxylic acids is 3. The molecule has 3 atom stereocenters. The molecule has 1 saturated heterocycles. The molecule has 6 heteroatoms. The van der Waals surface area contributed by atoms with Gasteiger partial charge in [0.05, 0.1) is 17.5 Å². The minimum atomic E-state index is -0.898. The van der Waals surface area contributed by atoms with E-state index in [0.29, 0.717) is 30.0 Å². The number of benzene rings is 2. The summed E-state index contributed by atoms with van der Waals surface area (Å²) in [5.41, 5.74) is 0.478. The predicted molar refractivity (Wildman–Crippen MR) is 108 cm³/mol. The third kappa shape index (κ3) is 3.66. The van der Waals surface area contributed by atoms with Crippen molar-refractivity contribution in [1.82, 2.24) is 4.90 Å². The van der Waals surface area contributed by atoms with Crippen LogP contribution in [0.3, 0.4) is 0 Å². The van der Waals surface area contributed by atoms with E-state index in [0.717, 1.165) is 4.90 Å². The van der Waals surface area contributed by atoms with Crippen LogP contribution in [-0.4, -0.2) is 28.7 Å². The molecule has 2 aromatic rings. The lowest BCUT2D eigenvalue weighted by Gasteiger charge is -2.23. The fraction of sp³-hybridized carbons (Fsp3) is 0.261. The highest BCUT2D eigenvalue weighted by Crippen LogP contribution is 2.36. The number of nitrogens with zero attached hydrogens (tertiary/aromatic N) is 1. The van der Waals surface area contributed by atoms with Crippen molar-refractivity contribution in [2.45, 2.75) is 25.8 Å². The average Bonchev–Trinajstić information content (AvgIpc) is 3.00. The number of carbonyl (C=O) groups is 3. The second kappa shape index (κ2) is 7.91. The lowest BCUT2D eigenvalue weighted by Crippen LogP contribution is -2.46. The molecule has 0 radical (unpaired) electrons. The molecule has 1 aliphatic heterocycles. The normalized spacial score (nSPS) is 21.6. The van der Waals surface area contributed by atoms with Gasteiger partial charge in [0, 0.05) is 0 Å². The highest BCUT2D eigenvalue weighted by molar-refractivity contribution is 6.10. The summed E-state index contributed by atoms with van der Waals surface area (Å²) in [7, 11) is 0. The molecule has 4 rings (SSSR count). The van der Waals surface area contributed by atoms with Gasteiger partial charge in [0.2, 0.25) is 17.7 Å². The van der Waals surface area contributed by atoms with Gasteiger partial charge in [-0.2, -0.15) is 0 Å². The van der Waals surface area contributed by atoms with Crippen LogP contribution in [0.15, 0.2) is 66.7 Å². The summed E-state index contributed by atoms with van der Waals surface area (Å²) < 4.78 is 5.86. The number of likely N-dealkylation sites (tertiary alicyclic amines) is 1. The monoisotopic (exact) mass is 390 g/mol. The maximum absolute atomic E-state index is 12.9. The molecule has 0 aromatic heterocycles. The van der Waals surface area contributed by atoms with E-state index in [-0.39, 0.29) is 23.7 Å². The van der Waals surface area contributed by atoms with Crippen molar-refractivity contribution in [3.8, 4) is 11.5 Å². The molecule has 3 amide bonds. The number of hydrogen-bond donors (Lipinski definition) is 1. The Bertz CT molecular complexity index is 944. The largest absolute Gasteiger partial charge is 0.455 e. The Morgan fingerprint density at radius 2 is 1.55 bits per heavy atom. The average molecular weight is 390 g/mol. The van der Waals surface area contributed by atoms with Crippen molar-refractivity contribution in [1.29, 1.82) is 0 Å². The summed E-state index contributed by atoms with van der Waals surface area (Å²) in [4.78, 5) is 39.4. The predicted octanol–water partition coefficient (Wildman–Crippen LogP) is 3.76. The number of imide groups is 1. The maximum Gasteiger partial charge on any atom is 0.247 e. The van der Waals surface area contributed by atoms with Gasteiger partial charge in [0.25, 0.3) is 0 Å². The lowest BCUT2D eigenvalue weighted by atomic mass is 9.85. The van der Waals surface area contributed by atoms with Crippen LogP contribution in [0.4, 0.5) is 5.69 Å². The molecule has 0 saturated carbocycles. The summed E-state index contributed by atoms with van der Waals surface area (Å²) in [5, 5.41) is 2.80. The van der Waals surface area contributed by atoms with Crippen LogP contribution >= 0.6 is 0 Å². The third-order valence-electron chi connectivity index (χ3n) is 5.42. The van der Waals surface area contributed by atoms with Gasteiger partial charge in [-0.05, 0) is 44.0 Å². The quantitative estimate of drug-likeness (QED) is 0.623. The molecule has 29 heavy (non-hydrogen) atoms. The second-order valence-corrected chi connectivity index (χ2v) is 7.28. The summed E-state index contributed by atoms with van der Waals surface area (Å²) in [6, 6.07) is 15.4. The smallest absolute Gasteiger partial charge is 0.247 e. The number of ether oxygens (including phenoxy) is 1. The SMILES string of the molecule is C[C@@H](C(=O)Nc1ccccc1Oc1ccccc1)N1C(=O)[C@@H]2CC=CC[C@H]2C1=O. The zero-order valence-electron chi connectivity index (χ0n) is 16.1. The van der Waals surface area contributed by atoms with Crippen LogP contribution in [0.1, 0.15) is 19.8 Å². The van der Waals surface area contributed by atoms with Crippen LogP contribution < -0.4 is 10.1 Å². The number of fused-ring (bicyclic) bond motifs is 1. The first-order valence-electron chi connectivity index (χ1n) is 9.71. The van der Waals surface area contributed by atoms with E-state index in [1.54, 1.807) is 25.1 Å². The molecule has 2 aliphatic rings. The van der Waals surface area contributed by atoms with E-state index in [9.17, 15) is 14.4 Å². The Kier molecular flexibility index (Phi) is 5.16. The summed E-state index contributed by atoms with van der Waals surface area (Å²) in [6.45, 7) is 1.58. The molecule has 0 bridgehead atoms.